The van der Waals surface area contributed by atoms with Gasteiger partial charge in [-0.3, -0.25) is 9.48 Å². The average Bonchev–Trinajstić information content (AvgIpc) is 2.85. The molecule has 0 atom stereocenters. The molecular formula is C21H29N3O. The van der Waals surface area contributed by atoms with Crippen molar-refractivity contribution in [1.82, 2.24) is 9.78 Å². The zero-order valence-corrected chi connectivity index (χ0v) is 15.9. The van der Waals surface area contributed by atoms with E-state index in [1.807, 2.05) is 11.0 Å². The number of aryl methyl sites for hydroxylation is 2. The quantitative estimate of drug-likeness (QED) is 0.823. The number of amides is 1. The normalized spacial score (nSPS) is 14.0. The molecule has 2 aromatic rings. The average molecular weight is 339 g/mol. The third-order valence-corrected chi connectivity index (χ3v) is 5.07. The molecule has 0 fully saturated rings. The predicted octanol–water partition coefficient (Wildman–Crippen LogP) is 4.07. The number of benzene rings is 1. The fraction of sp³-hybridized carbons (Fsp3) is 0.524. The molecule has 0 N–H and O–H groups in total. The lowest BCUT2D eigenvalue weighted by molar-refractivity contribution is -0.118. The number of rotatable bonds is 5. The van der Waals surface area contributed by atoms with Gasteiger partial charge in [0, 0.05) is 30.9 Å². The van der Waals surface area contributed by atoms with E-state index in [0.29, 0.717) is 12.3 Å². The predicted molar refractivity (Wildman–Crippen MR) is 102 cm³/mol. The molecule has 4 heteroatoms. The van der Waals surface area contributed by atoms with E-state index in [2.05, 4.69) is 55.7 Å². The summed E-state index contributed by atoms with van der Waals surface area (Å²) < 4.78 is 2.09. The van der Waals surface area contributed by atoms with Gasteiger partial charge in [0.15, 0.2) is 0 Å². The van der Waals surface area contributed by atoms with Crippen LogP contribution >= 0.6 is 0 Å². The fourth-order valence-electron chi connectivity index (χ4n) is 3.78. The lowest BCUT2D eigenvalue weighted by Gasteiger charge is -2.29. The second-order valence-electron chi connectivity index (χ2n) is 7.50. The Bertz CT molecular complexity index is 760. The van der Waals surface area contributed by atoms with Crippen LogP contribution in [-0.4, -0.2) is 22.2 Å². The van der Waals surface area contributed by atoms with Crippen molar-refractivity contribution in [2.45, 2.75) is 59.9 Å². The molecule has 1 aliphatic rings. The standard InChI is InChI=1S/C21H29N3O/c1-15(2)14-24-17(4)19(16(3)22-24)11-12-21(25)23-13-7-9-18-8-5-6-10-20(18)23/h5-6,8,10,15H,7,9,11-14H2,1-4H3. The SMILES string of the molecule is Cc1nn(CC(C)C)c(C)c1CCC(=O)N1CCCc2ccccc21. The highest BCUT2D eigenvalue weighted by Gasteiger charge is 2.22. The third kappa shape index (κ3) is 3.78. The minimum absolute atomic E-state index is 0.225. The first-order valence-electron chi connectivity index (χ1n) is 9.38. The number of anilines is 1. The maximum atomic E-state index is 12.8. The van der Waals surface area contributed by atoms with Crippen LogP contribution < -0.4 is 4.90 Å². The summed E-state index contributed by atoms with van der Waals surface area (Å²) in [5.41, 5.74) is 5.89. The van der Waals surface area contributed by atoms with Crippen LogP contribution in [0, 0.1) is 19.8 Å². The van der Waals surface area contributed by atoms with Crippen molar-refractivity contribution in [3.63, 3.8) is 0 Å². The van der Waals surface area contributed by atoms with Crippen molar-refractivity contribution in [3.8, 4) is 0 Å². The maximum Gasteiger partial charge on any atom is 0.227 e. The summed E-state index contributed by atoms with van der Waals surface area (Å²) in [4.78, 5) is 14.8. The van der Waals surface area contributed by atoms with Crippen molar-refractivity contribution in [2.24, 2.45) is 5.92 Å². The number of hydrogen-bond acceptors (Lipinski definition) is 2. The fourth-order valence-corrected chi connectivity index (χ4v) is 3.78. The van der Waals surface area contributed by atoms with Crippen LogP contribution in [0.3, 0.4) is 0 Å². The summed E-state index contributed by atoms with van der Waals surface area (Å²) in [6, 6.07) is 8.29. The molecule has 2 heterocycles. The Kier molecular flexibility index (Phi) is 5.26. The second-order valence-corrected chi connectivity index (χ2v) is 7.50. The molecule has 0 saturated heterocycles. The Labute approximate surface area is 150 Å². The van der Waals surface area contributed by atoms with Crippen molar-refractivity contribution in [1.29, 1.82) is 0 Å². The first kappa shape index (κ1) is 17.7. The number of nitrogens with zero attached hydrogens (tertiary/aromatic N) is 3. The van der Waals surface area contributed by atoms with Crippen LogP contribution in [0.5, 0.6) is 0 Å². The molecule has 3 rings (SSSR count). The van der Waals surface area contributed by atoms with E-state index in [0.717, 1.165) is 43.7 Å². The maximum absolute atomic E-state index is 12.8. The van der Waals surface area contributed by atoms with Gasteiger partial charge in [-0.25, -0.2) is 0 Å². The monoisotopic (exact) mass is 339 g/mol. The molecule has 1 aromatic carbocycles. The minimum Gasteiger partial charge on any atom is -0.312 e. The molecule has 25 heavy (non-hydrogen) atoms. The molecule has 1 amide bonds. The van der Waals surface area contributed by atoms with Crippen LogP contribution in [0.15, 0.2) is 24.3 Å². The largest absolute Gasteiger partial charge is 0.312 e. The molecule has 4 nitrogen and oxygen atoms in total. The Morgan fingerprint density at radius 1 is 1.24 bits per heavy atom. The van der Waals surface area contributed by atoms with Gasteiger partial charge >= 0.3 is 0 Å². The third-order valence-electron chi connectivity index (χ3n) is 5.07. The van der Waals surface area contributed by atoms with E-state index in [1.54, 1.807) is 0 Å². The molecule has 134 valence electrons. The first-order valence-corrected chi connectivity index (χ1v) is 9.38. The van der Waals surface area contributed by atoms with Crippen molar-refractivity contribution >= 4 is 11.6 Å². The number of fused-ring (bicyclic) bond motifs is 1. The molecule has 0 saturated carbocycles. The van der Waals surface area contributed by atoms with Gasteiger partial charge in [0.25, 0.3) is 0 Å². The summed E-state index contributed by atoms with van der Waals surface area (Å²) >= 11 is 0. The Balaban J connectivity index is 1.71. The second kappa shape index (κ2) is 7.42. The number of carbonyl (C=O) groups is 1. The van der Waals surface area contributed by atoms with Crippen LogP contribution in [0.25, 0.3) is 0 Å². The number of aromatic nitrogens is 2. The highest BCUT2D eigenvalue weighted by atomic mass is 16.2. The molecule has 1 aliphatic heterocycles. The van der Waals surface area contributed by atoms with Gasteiger partial charge in [-0.1, -0.05) is 32.0 Å². The Morgan fingerprint density at radius 3 is 2.76 bits per heavy atom. The van der Waals surface area contributed by atoms with Gasteiger partial charge in [0.05, 0.1) is 5.69 Å². The highest BCUT2D eigenvalue weighted by molar-refractivity contribution is 5.94. The molecule has 0 spiro atoms. The van der Waals surface area contributed by atoms with E-state index >= 15 is 0 Å². The lowest BCUT2D eigenvalue weighted by atomic mass is 10.0. The topological polar surface area (TPSA) is 38.1 Å². The Hall–Kier alpha value is -2.10. The van der Waals surface area contributed by atoms with Crippen LogP contribution in [0.2, 0.25) is 0 Å². The van der Waals surface area contributed by atoms with Crippen molar-refractivity contribution in [2.75, 3.05) is 11.4 Å². The Morgan fingerprint density at radius 2 is 2.00 bits per heavy atom. The summed E-state index contributed by atoms with van der Waals surface area (Å²) in [6.07, 6.45) is 3.43. The van der Waals surface area contributed by atoms with Gasteiger partial charge in [0.2, 0.25) is 5.91 Å². The molecular weight excluding hydrogens is 310 g/mol. The van der Waals surface area contributed by atoms with Gasteiger partial charge in [0.1, 0.15) is 0 Å². The molecule has 0 bridgehead atoms. The molecule has 0 radical (unpaired) electrons. The van der Waals surface area contributed by atoms with E-state index in [9.17, 15) is 4.79 Å². The van der Waals surface area contributed by atoms with Gasteiger partial charge in [-0.05, 0) is 56.2 Å². The molecule has 1 aromatic heterocycles. The van der Waals surface area contributed by atoms with E-state index < -0.39 is 0 Å². The number of carbonyl (C=O) groups excluding carboxylic acids is 1. The van der Waals surface area contributed by atoms with E-state index in [-0.39, 0.29) is 5.91 Å². The zero-order chi connectivity index (χ0) is 18.0. The molecule has 0 unspecified atom stereocenters. The van der Waals surface area contributed by atoms with Gasteiger partial charge in [-0.15, -0.1) is 0 Å². The summed E-state index contributed by atoms with van der Waals surface area (Å²) in [7, 11) is 0. The summed E-state index contributed by atoms with van der Waals surface area (Å²) in [6.45, 7) is 10.3. The van der Waals surface area contributed by atoms with E-state index in [4.69, 9.17) is 0 Å². The summed E-state index contributed by atoms with van der Waals surface area (Å²) in [5, 5.41) is 4.67. The van der Waals surface area contributed by atoms with Crippen LogP contribution in [0.4, 0.5) is 5.69 Å². The van der Waals surface area contributed by atoms with Gasteiger partial charge < -0.3 is 4.90 Å². The lowest BCUT2D eigenvalue weighted by Crippen LogP contribution is -2.35. The minimum atomic E-state index is 0.225. The number of para-hydroxylation sites is 1. The first-order chi connectivity index (χ1) is 12.0. The van der Waals surface area contributed by atoms with Gasteiger partial charge in [-0.2, -0.15) is 5.10 Å². The number of hydrogen-bond donors (Lipinski definition) is 0. The zero-order valence-electron chi connectivity index (χ0n) is 15.9. The highest BCUT2D eigenvalue weighted by Crippen LogP contribution is 2.27. The van der Waals surface area contributed by atoms with Crippen LogP contribution in [-0.2, 0) is 24.2 Å². The molecule has 0 aliphatic carbocycles. The van der Waals surface area contributed by atoms with Crippen LogP contribution in [0.1, 0.15) is 49.2 Å². The van der Waals surface area contributed by atoms with Crippen molar-refractivity contribution < 1.29 is 4.79 Å². The smallest absolute Gasteiger partial charge is 0.227 e. The van der Waals surface area contributed by atoms with E-state index in [1.165, 1.54) is 16.8 Å². The van der Waals surface area contributed by atoms with Crippen molar-refractivity contribution in [3.05, 3.63) is 46.8 Å². The summed E-state index contributed by atoms with van der Waals surface area (Å²) in [5.74, 6) is 0.792.